The molecule has 0 radical (unpaired) electrons. The molecule has 1 unspecified atom stereocenters. The molecule has 136 valence electrons. The van der Waals surface area contributed by atoms with Gasteiger partial charge in [-0.2, -0.15) is 0 Å². The Kier molecular flexibility index (Phi) is 5.74. The second kappa shape index (κ2) is 8.00. The van der Waals surface area contributed by atoms with Gasteiger partial charge in [0.2, 0.25) is 11.8 Å². The summed E-state index contributed by atoms with van der Waals surface area (Å²) in [6.07, 6.45) is 4.11. The lowest BCUT2D eigenvalue weighted by Gasteiger charge is -2.42. The standard InChI is InChI=1S/C20H28N2O3/c1-14(10-15-6-3-2-4-7-15)20(25)22-11-16-8-5-9-17(16)18(12-22)21-19(24)13-23/h2-4,6-7,14,16-18,23H,5,8-13H2,1H3,(H,21,24)/t14?,16-,17-,18+/m0/s1. The number of nitrogens with one attached hydrogen (secondary N) is 1. The molecule has 2 amide bonds. The molecule has 4 atom stereocenters. The molecule has 1 heterocycles. The van der Waals surface area contributed by atoms with Crippen LogP contribution < -0.4 is 5.32 Å². The van der Waals surface area contributed by atoms with Crippen LogP contribution in [0.15, 0.2) is 30.3 Å². The van der Waals surface area contributed by atoms with Crippen LogP contribution in [0.25, 0.3) is 0 Å². The SMILES string of the molecule is CC(Cc1ccccc1)C(=O)N1C[C@@H]2CCC[C@@H]2[C@H](NC(=O)CO)C1. The minimum atomic E-state index is -0.494. The third-order valence-corrected chi connectivity index (χ3v) is 5.71. The van der Waals surface area contributed by atoms with Crippen LogP contribution in [0.4, 0.5) is 0 Å². The lowest BCUT2D eigenvalue weighted by molar-refractivity contribution is -0.139. The van der Waals surface area contributed by atoms with E-state index in [1.807, 2.05) is 30.0 Å². The summed E-state index contributed by atoms with van der Waals surface area (Å²) < 4.78 is 0. The summed E-state index contributed by atoms with van der Waals surface area (Å²) in [5.41, 5.74) is 1.17. The highest BCUT2D eigenvalue weighted by molar-refractivity contribution is 5.80. The topological polar surface area (TPSA) is 69.6 Å². The van der Waals surface area contributed by atoms with Gasteiger partial charge in [0.1, 0.15) is 6.61 Å². The van der Waals surface area contributed by atoms with Crippen molar-refractivity contribution in [3.05, 3.63) is 35.9 Å². The van der Waals surface area contributed by atoms with E-state index in [2.05, 4.69) is 17.4 Å². The Labute approximate surface area is 149 Å². The maximum absolute atomic E-state index is 13.0. The van der Waals surface area contributed by atoms with Gasteiger partial charge in [0.15, 0.2) is 0 Å². The Morgan fingerprint density at radius 2 is 2.00 bits per heavy atom. The number of hydrogen-bond acceptors (Lipinski definition) is 3. The molecule has 3 rings (SSSR count). The molecule has 1 saturated carbocycles. The second-order valence-electron chi connectivity index (χ2n) is 7.52. The Morgan fingerprint density at radius 1 is 1.24 bits per heavy atom. The summed E-state index contributed by atoms with van der Waals surface area (Å²) in [4.78, 5) is 26.5. The predicted molar refractivity (Wildman–Crippen MR) is 95.7 cm³/mol. The number of nitrogens with zero attached hydrogens (tertiary/aromatic N) is 1. The molecule has 1 aliphatic heterocycles. The summed E-state index contributed by atoms with van der Waals surface area (Å²) in [7, 11) is 0. The van der Waals surface area contributed by atoms with Gasteiger partial charge in [0, 0.05) is 25.0 Å². The number of hydrogen-bond donors (Lipinski definition) is 2. The maximum Gasteiger partial charge on any atom is 0.245 e. The number of fused-ring (bicyclic) bond motifs is 1. The normalized spacial score (nSPS) is 26.8. The highest BCUT2D eigenvalue weighted by atomic mass is 16.3. The van der Waals surface area contributed by atoms with Crippen molar-refractivity contribution in [3.8, 4) is 0 Å². The molecule has 5 nitrogen and oxygen atoms in total. The third kappa shape index (κ3) is 4.21. The van der Waals surface area contributed by atoms with Crippen LogP contribution in [0.2, 0.25) is 0 Å². The van der Waals surface area contributed by atoms with Gasteiger partial charge in [-0.25, -0.2) is 0 Å². The van der Waals surface area contributed by atoms with E-state index < -0.39 is 6.61 Å². The second-order valence-corrected chi connectivity index (χ2v) is 7.52. The predicted octanol–water partition coefficient (Wildman–Crippen LogP) is 1.60. The van der Waals surface area contributed by atoms with Gasteiger partial charge in [-0.1, -0.05) is 43.7 Å². The average molecular weight is 344 g/mol. The number of aliphatic hydroxyl groups is 1. The lowest BCUT2D eigenvalue weighted by Crippen LogP contribution is -2.57. The molecular formula is C20H28N2O3. The first kappa shape index (κ1) is 17.9. The zero-order valence-corrected chi connectivity index (χ0v) is 14.9. The van der Waals surface area contributed by atoms with Crippen molar-refractivity contribution < 1.29 is 14.7 Å². The molecule has 1 saturated heterocycles. The Bertz CT molecular complexity index is 604. The minimum Gasteiger partial charge on any atom is -0.387 e. The number of carbonyl (C=O) groups excluding carboxylic acids is 2. The molecule has 1 aromatic carbocycles. The smallest absolute Gasteiger partial charge is 0.245 e. The summed E-state index contributed by atoms with van der Waals surface area (Å²) >= 11 is 0. The summed E-state index contributed by atoms with van der Waals surface area (Å²) in [6.45, 7) is 2.85. The zero-order valence-electron chi connectivity index (χ0n) is 14.9. The Morgan fingerprint density at radius 3 is 2.72 bits per heavy atom. The molecule has 25 heavy (non-hydrogen) atoms. The van der Waals surface area contributed by atoms with Crippen molar-refractivity contribution in [1.29, 1.82) is 0 Å². The molecule has 2 N–H and O–H groups in total. The van der Waals surface area contributed by atoms with Crippen molar-refractivity contribution in [2.45, 2.75) is 38.6 Å². The van der Waals surface area contributed by atoms with Crippen LogP contribution in [0, 0.1) is 17.8 Å². The van der Waals surface area contributed by atoms with E-state index in [1.165, 1.54) is 5.56 Å². The third-order valence-electron chi connectivity index (χ3n) is 5.71. The van der Waals surface area contributed by atoms with Gasteiger partial charge in [-0.05, 0) is 36.7 Å². The van der Waals surface area contributed by atoms with Crippen LogP contribution in [0.3, 0.4) is 0 Å². The largest absolute Gasteiger partial charge is 0.387 e. The van der Waals surface area contributed by atoms with Crippen LogP contribution >= 0.6 is 0 Å². The number of rotatable bonds is 5. The zero-order chi connectivity index (χ0) is 17.8. The quantitative estimate of drug-likeness (QED) is 0.852. The fourth-order valence-electron chi connectivity index (χ4n) is 4.50. The molecule has 2 fully saturated rings. The molecular weight excluding hydrogens is 316 g/mol. The molecule has 1 aromatic rings. The van der Waals surface area contributed by atoms with Crippen LogP contribution in [-0.2, 0) is 16.0 Å². The van der Waals surface area contributed by atoms with Gasteiger partial charge in [-0.15, -0.1) is 0 Å². The van der Waals surface area contributed by atoms with E-state index >= 15 is 0 Å². The first-order chi connectivity index (χ1) is 12.1. The van der Waals surface area contributed by atoms with E-state index in [9.17, 15) is 9.59 Å². The summed E-state index contributed by atoms with van der Waals surface area (Å²) in [5.74, 6) is 0.642. The number of aliphatic hydroxyl groups excluding tert-OH is 1. The number of carbonyl (C=O) groups is 2. The van der Waals surface area contributed by atoms with Crippen molar-refractivity contribution in [2.24, 2.45) is 17.8 Å². The molecule has 0 bridgehead atoms. The maximum atomic E-state index is 13.0. The number of benzene rings is 1. The van der Waals surface area contributed by atoms with Crippen molar-refractivity contribution in [2.75, 3.05) is 19.7 Å². The minimum absolute atomic E-state index is 0.0335. The van der Waals surface area contributed by atoms with Gasteiger partial charge in [-0.3, -0.25) is 9.59 Å². The van der Waals surface area contributed by atoms with Crippen molar-refractivity contribution in [3.63, 3.8) is 0 Å². The lowest BCUT2D eigenvalue weighted by atomic mass is 9.83. The summed E-state index contributed by atoms with van der Waals surface area (Å²) in [5, 5.41) is 12.0. The van der Waals surface area contributed by atoms with Crippen LogP contribution in [0.5, 0.6) is 0 Å². The first-order valence-electron chi connectivity index (χ1n) is 9.31. The van der Waals surface area contributed by atoms with E-state index in [0.29, 0.717) is 18.4 Å². The average Bonchev–Trinajstić information content (AvgIpc) is 3.10. The first-order valence-corrected chi connectivity index (χ1v) is 9.31. The molecule has 5 heteroatoms. The highest BCUT2D eigenvalue weighted by Gasteiger charge is 2.42. The van der Waals surface area contributed by atoms with Gasteiger partial charge >= 0.3 is 0 Å². The Balaban J connectivity index is 1.66. The Hall–Kier alpha value is -1.88. The van der Waals surface area contributed by atoms with E-state index in [1.54, 1.807) is 0 Å². The molecule has 1 aliphatic carbocycles. The molecule has 0 spiro atoms. The van der Waals surface area contributed by atoms with Crippen LogP contribution in [0.1, 0.15) is 31.7 Å². The molecule has 2 aliphatic rings. The fourth-order valence-corrected chi connectivity index (χ4v) is 4.50. The number of piperidine rings is 1. The summed E-state index contributed by atoms with van der Waals surface area (Å²) in [6, 6.07) is 10.0. The van der Waals surface area contributed by atoms with Crippen molar-refractivity contribution >= 4 is 11.8 Å². The van der Waals surface area contributed by atoms with Crippen LogP contribution in [-0.4, -0.2) is 47.6 Å². The monoisotopic (exact) mass is 344 g/mol. The number of amides is 2. The van der Waals surface area contributed by atoms with Gasteiger partial charge in [0.05, 0.1) is 0 Å². The van der Waals surface area contributed by atoms with Crippen molar-refractivity contribution in [1.82, 2.24) is 10.2 Å². The molecule has 0 aromatic heterocycles. The van der Waals surface area contributed by atoms with Gasteiger partial charge in [0.25, 0.3) is 0 Å². The fraction of sp³-hybridized carbons (Fsp3) is 0.600. The van der Waals surface area contributed by atoms with E-state index in [4.69, 9.17) is 5.11 Å². The highest BCUT2D eigenvalue weighted by Crippen LogP contribution is 2.38. The van der Waals surface area contributed by atoms with Gasteiger partial charge < -0.3 is 15.3 Å². The van der Waals surface area contributed by atoms with E-state index in [-0.39, 0.29) is 23.8 Å². The number of likely N-dealkylation sites (tertiary alicyclic amines) is 1. The van der Waals surface area contributed by atoms with E-state index in [0.717, 1.165) is 32.2 Å².